The normalized spacial score (nSPS) is 17.1. The number of hydrogen-bond acceptors (Lipinski definition) is 2. The zero-order valence-electron chi connectivity index (χ0n) is 18.9. The number of rotatable bonds is 7. The SMILES string of the molecule is CCC/C(=N\NC(=O)C1CC1(c1cccc(C)c1)c1cccc(C)c1)c1ccc(F)cc1. The molecule has 3 nitrogen and oxygen atoms in total. The van der Waals surface area contributed by atoms with E-state index in [1.807, 2.05) is 0 Å². The highest BCUT2D eigenvalue weighted by molar-refractivity contribution is 6.01. The highest BCUT2D eigenvalue weighted by Gasteiger charge is 2.60. The first kappa shape index (κ1) is 21.9. The summed E-state index contributed by atoms with van der Waals surface area (Å²) in [5, 5.41) is 4.46. The van der Waals surface area contributed by atoms with Gasteiger partial charge in [-0.1, -0.05) is 85.1 Å². The van der Waals surface area contributed by atoms with Crippen LogP contribution in [0.25, 0.3) is 0 Å². The van der Waals surface area contributed by atoms with E-state index in [2.05, 4.69) is 79.8 Å². The molecule has 4 rings (SSSR count). The van der Waals surface area contributed by atoms with Crippen LogP contribution < -0.4 is 5.43 Å². The van der Waals surface area contributed by atoms with Gasteiger partial charge in [-0.05, 0) is 55.5 Å². The molecule has 1 fully saturated rings. The number of halogens is 1. The third-order valence-corrected chi connectivity index (χ3v) is 6.31. The maximum absolute atomic E-state index is 13.3. The second-order valence-electron chi connectivity index (χ2n) is 8.76. The molecular formula is C28H29FN2O. The maximum Gasteiger partial charge on any atom is 0.244 e. The summed E-state index contributed by atoms with van der Waals surface area (Å²) < 4.78 is 13.3. The predicted molar refractivity (Wildman–Crippen MR) is 127 cm³/mol. The van der Waals surface area contributed by atoms with Gasteiger partial charge in [-0.25, -0.2) is 9.82 Å². The summed E-state index contributed by atoms with van der Waals surface area (Å²) >= 11 is 0. The Kier molecular flexibility index (Phi) is 6.22. The summed E-state index contributed by atoms with van der Waals surface area (Å²) in [4.78, 5) is 13.3. The minimum absolute atomic E-state index is 0.0799. The van der Waals surface area contributed by atoms with Crippen molar-refractivity contribution in [3.05, 3.63) is 106 Å². The smallest absolute Gasteiger partial charge is 0.244 e. The van der Waals surface area contributed by atoms with Crippen molar-refractivity contribution in [1.29, 1.82) is 0 Å². The van der Waals surface area contributed by atoms with Crippen LogP contribution >= 0.6 is 0 Å². The topological polar surface area (TPSA) is 41.5 Å². The fourth-order valence-corrected chi connectivity index (χ4v) is 4.57. The van der Waals surface area contributed by atoms with Gasteiger partial charge in [0, 0.05) is 5.41 Å². The molecule has 164 valence electrons. The summed E-state index contributed by atoms with van der Waals surface area (Å²) in [6.45, 7) is 6.21. The molecule has 1 aliphatic carbocycles. The largest absolute Gasteiger partial charge is 0.273 e. The molecular weight excluding hydrogens is 399 g/mol. The van der Waals surface area contributed by atoms with Crippen molar-refractivity contribution in [3.8, 4) is 0 Å². The highest BCUT2D eigenvalue weighted by Crippen LogP contribution is 2.59. The molecule has 1 atom stereocenters. The molecule has 1 aliphatic rings. The van der Waals surface area contributed by atoms with Crippen molar-refractivity contribution in [1.82, 2.24) is 5.43 Å². The number of nitrogens with one attached hydrogen (secondary N) is 1. The first-order valence-electron chi connectivity index (χ1n) is 11.2. The van der Waals surface area contributed by atoms with E-state index in [1.54, 1.807) is 12.1 Å². The number of carbonyl (C=O) groups excluding carboxylic acids is 1. The molecule has 1 unspecified atom stereocenters. The number of hydrogen-bond donors (Lipinski definition) is 1. The van der Waals surface area contributed by atoms with Crippen LogP contribution in [0, 0.1) is 25.6 Å². The second kappa shape index (κ2) is 9.07. The van der Waals surface area contributed by atoms with Crippen LogP contribution in [0.4, 0.5) is 4.39 Å². The molecule has 3 aromatic rings. The van der Waals surface area contributed by atoms with Gasteiger partial charge < -0.3 is 0 Å². The lowest BCUT2D eigenvalue weighted by atomic mass is 9.84. The van der Waals surface area contributed by atoms with Gasteiger partial charge in [-0.2, -0.15) is 5.10 Å². The molecule has 4 heteroatoms. The standard InChI is InChI=1S/C28H29FN2O/c1-4-7-26(21-12-14-24(29)15-13-21)30-31-27(32)25-18-28(25,22-10-5-8-19(2)16-22)23-11-6-9-20(3)17-23/h5-6,8-17,25H,4,7,18H2,1-3H3,(H,31,32)/b30-26+. The van der Waals surface area contributed by atoms with Gasteiger partial charge in [0.1, 0.15) is 5.82 Å². The van der Waals surface area contributed by atoms with Crippen molar-refractivity contribution in [3.63, 3.8) is 0 Å². The molecule has 0 aliphatic heterocycles. The Labute approximate surface area is 189 Å². The van der Waals surface area contributed by atoms with Gasteiger partial charge in [-0.15, -0.1) is 0 Å². The van der Waals surface area contributed by atoms with Crippen molar-refractivity contribution in [2.45, 2.75) is 45.4 Å². The lowest BCUT2D eigenvalue weighted by Gasteiger charge is -2.20. The summed E-state index contributed by atoms with van der Waals surface area (Å²) in [5.74, 6) is -0.553. The van der Waals surface area contributed by atoms with E-state index in [-0.39, 0.29) is 23.1 Å². The molecule has 1 saturated carbocycles. The Morgan fingerprint density at radius 1 is 1.00 bits per heavy atom. The monoisotopic (exact) mass is 428 g/mol. The lowest BCUT2D eigenvalue weighted by Crippen LogP contribution is -2.26. The molecule has 0 saturated heterocycles. The van der Waals surface area contributed by atoms with Crippen molar-refractivity contribution in [2.75, 3.05) is 0 Å². The first-order valence-corrected chi connectivity index (χ1v) is 11.2. The Bertz CT molecular complexity index is 1100. The number of aryl methyl sites for hydroxylation is 2. The number of amides is 1. The van der Waals surface area contributed by atoms with E-state index >= 15 is 0 Å². The summed E-state index contributed by atoms with van der Waals surface area (Å²) in [6.07, 6.45) is 2.34. The lowest BCUT2D eigenvalue weighted by molar-refractivity contribution is -0.122. The fraction of sp³-hybridized carbons (Fsp3) is 0.286. The third kappa shape index (κ3) is 4.36. The van der Waals surface area contributed by atoms with Gasteiger partial charge in [-0.3, -0.25) is 4.79 Å². The van der Waals surface area contributed by atoms with Crippen molar-refractivity contribution in [2.24, 2.45) is 11.0 Å². The Hall–Kier alpha value is -3.27. The minimum Gasteiger partial charge on any atom is -0.273 e. The Morgan fingerprint density at radius 2 is 1.59 bits per heavy atom. The number of nitrogens with zero attached hydrogens (tertiary/aromatic N) is 1. The van der Waals surface area contributed by atoms with Crippen LogP contribution in [0.5, 0.6) is 0 Å². The minimum atomic E-state index is -0.335. The molecule has 1 N–H and O–H groups in total. The van der Waals surface area contributed by atoms with E-state index in [0.717, 1.165) is 24.1 Å². The van der Waals surface area contributed by atoms with Crippen molar-refractivity contribution >= 4 is 11.6 Å². The predicted octanol–water partition coefficient (Wildman–Crippen LogP) is 6.07. The second-order valence-corrected chi connectivity index (χ2v) is 8.76. The van der Waals surface area contributed by atoms with Crippen LogP contribution in [-0.2, 0) is 10.2 Å². The Morgan fingerprint density at radius 3 is 2.12 bits per heavy atom. The van der Waals surface area contributed by atoms with Gasteiger partial charge in [0.25, 0.3) is 0 Å². The van der Waals surface area contributed by atoms with Crippen LogP contribution in [0.1, 0.15) is 54.0 Å². The van der Waals surface area contributed by atoms with E-state index in [0.29, 0.717) is 6.42 Å². The van der Waals surface area contributed by atoms with Crippen LogP contribution in [0.2, 0.25) is 0 Å². The number of carbonyl (C=O) groups is 1. The molecule has 0 aromatic heterocycles. The molecule has 1 amide bonds. The summed E-state index contributed by atoms with van der Waals surface area (Å²) in [5.41, 5.74) is 8.77. The molecule has 0 bridgehead atoms. The zero-order chi connectivity index (χ0) is 22.7. The van der Waals surface area contributed by atoms with Crippen molar-refractivity contribution < 1.29 is 9.18 Å². The van der Waals surface area contributed by atoms with E-state index in [4.69, 9.17) is 0 Å². The molecule has 3 aromatic carbocycles. The average Bonchev–Trinajstić information content (AvgIpc) is 3.54. The molecule has 32 heavy (non-hydrogen) atoms. The number of benzene rings is 3. The quantitative estimate of drug-likeness (QED) is 0.360. The zero-order valence-corrected chi connectivity index (χ0v) is 18.9. The van der Waals surface area contributed by atoms with Crippen LogP contribution in [0.15, 0.2) is 77.9 Å². The van der Waals surface area contributed by atoms with E-state index < -0.39 is 0 Å². The summed E-state index contributed by atoms with van der Waals surface area (Å²) in [7, 11) is 0. The highest BCUT2D eigenvalue weighted by atomic mass is 19.1. The molecule has 0 spiro atoms. The van der Waals surface area contributed by atoms with Gasteiger partial charge in [0.05, 0.1) is 11.6 Å². The maximum atomic E-state index is 13.3. The van der Waals surface area contributed by atoms with E-state index in [9.17, 15) is 9.18 Å². The van der Waals surface area contributed by atoms with Crippen LogP contribution in [0.3, 0.4) is 0 Å². The summed E-state index contributed by atoms with van der Waals surface area (Å²) in [6, 6.07) is 23.1. The molecule has 0 radical (unpaired) electrons. The fourth-order valence-electron chi connectivity index (χ4n) is 4.57. The van der Waals surface area contributed by atoms with Crippen LogP contribution in [-0.4, -0.2) is 11.6 Å². The Balaban J connectivity index is 1.62. The first-order chi connectivity index (χ1) is 15.4. The van der Waals surface area contributed by atoms with Gasteiger partial charge >= 0.3 is 0 Å². The van der Waals surface area contributed by atoms with Gasteiger partial charge in [0.2, 0.25) is 5.91 Å². The average molecular weight is 429 g/mol. The van der Waals surface area contributed by atoms with Gasteiger partial charge in [0.15, 0.2) is 0 Å². The van der Waals surface area contributed by atoms with E-state index in [1.165, 1.54) is 34.4 Å². The molecule has 0 heterocycles. The third-order valence-electron chi connectivity index (χ3n) is 6.31. The number of hydrazone groups is 1.